The van der Waals surface area contributed by atoms with Gasteiger partial charge in [0.05, 0.1) is 12.2 Å². The standard InChI is InChI=1S/C31H34N2O6/c1-31(2,3)39-19-27(29(35)36)32-28(34)26(17-20-11-5-4-6-12-20)33-30(37)38-18-25-23-15-9-7-13-21(23)22-14-8-10-16-24(22)25/h4-16,25-27H,17-19H2,1-3H3,(H,32,34)(H,33,37)(H,35,36)/t26-,27+/m0/s1. The zero-order valence-electron chi connectivity index (χ0n) is 22.3. The Morgan fingerprint density at radius 2 is 1.38 bits per heavy atom. The zero-order chi connectivity index (χ0) is 28.0. The van der Waals surface area contributed by atoms with Crippen LogP contribution in [0.3, 0.4) is 0 Å². The van der Waals surface area contributed by atoms with Crippen molar-refractivity contribution in [1.82, 2.24) is 10.6 Å². The Morgan fingerprint density at radius 3 is 1.95 bits per heavy atom. The topological polar surface area (TPSA) is 114 Å². The van der Waals surface area contributed by atoms with Crippen LogP contribution in [0.15, 0.2) is 78.9 Å². The van der Waals surface area contributed by atoms with E-state index in [4.69, 9.17) is 9.47 Å². The van der Waals surface area contributed by atoms with Crippen LogP contribution < -0.4 is 10.6 Å². The molecule has 1 aliphatic rings. The smallest absolute Gasteiger partial charge is 0.407 e. The number of carbonyl (C=O) groups is 3. The van der Waals surface area contributed by atoms with Crippen molar-refractivity contribution in [2.75, 3.05) is 13.2 Å². The zero-order valence-corrected chi connectivity index (χ0v) is 22.3. The van der Waals surface area contributed by atoms with E-state index in [1.54, 1.807) is 20.8 Å². The molecule has 8 heteroatoms. The summed E-state index contributed by atoms with van der Waals surface area (Å²) in [5.74, 6) is -2.00. The minimum atomic E-state index is -1.28. The molecule has 4 rings (SSSR count). The summed E-state index contributed by atoms with van der Waals surface area (Å²) in [7, 11) is 0. The fourth-order valence-corrected chi connectivity index (χ4v) is 4.62. The van der Waals surface area contributed by atoms with Gasteiger partial charge in [-0.3, -0.25) is 4.79 Å². The molecule has 0 fully saturated rings. The first-order valence-electron chi connectivity index (χ1n) is 12.9. The molecule has 3 N–H and O–H groups in total. The van der Waals surface area contributed by atoms with Gasteiger partial charge in [0.2, 0.25) is 5.91 Å². The third kappa shape index (κ3) is 7.23. The maximum absolute atomic E-state index is 13.2. The Bertz CT molecular complexity index is 1270. The number of aliphatic carboxylic acids is 1. The van der Waals surface area contributed by atoms with E-state index in [-0.39, 0.29) is 25.6 Å². The van der Waals surface area contributed by atoms with Crippen molar-refractivity contribution < 1.29 is 29.0 Å². The summed E-state index contributed by atoms with van der Waals surface area (Å²) in [4.78, 5) is 38.0. The van der Waals surface area contributed by atoms with Crippen LogP contribution in [-0.2, 0) is 25.5 Å². The lowest BCUT2D eigenvalue weighted by atomic mass is 9.98. The van der Waals surface area contributed by atoms with E-state index in [1.165, 1.54) is 0 Å². The van der Waals surface area contributed by atoms with Gasteiger partial charge in [-0.2, -0.15) is 0 Å². The van der Waals surface area contributed by atoms with E-state index in [2.05, 4.69) is 22.8 Å². The van der Waals surface area contributed by atoms with Gasteiger partial charge in [-0.05, 0) is 48.6 Å². The normalized spacial score (nSPS) is 14.0. The second-order valence-electron chi connectivity index (χ2n) is 10.5. The molecule has 0 unspecified atom stereocenters. The highest BCUT2D eigenvalue weighted by Crippen LogP contribution is 2.44. The number of hydrogen-bond acceptors (Lipinski definition) is 5. The molecule has 8 nitrogen and oxygen atoms in total. The molecule has 0 saturated heterocycles. The van der Waals surface area contributed by atoms with Gasteiger partial charge in [0.25, 0.3) is 0 Å². The van der Waals surface area contributed by atoms with Crippen LogP contribution in [0, 0.1) is 0 Å². The number of carboxylic acid groups (broad SMARTS) is 1. The average molecular weight is 531 g/mol. The number of hydrogen-bond donors (Lipinski definition) is 3. The van der Waals surface area contributed by atoms with Crippen molar-refractivity contribution in [3.63, 3.8) is 0 Å². The van der Waals surface area contributed by atoms with Gasteiger partial charge in [-0.1, -0.05) is 78.9 Å². The largest absolute Gasteiger partial charge is 0.480 e. The molecular weight excluding hydrogens is 496 g/mol. The number of benzene rings is 3. The lowest BCUT2D eigenvalue weighted by Gasteiger charge is -2.25. The van der Waals surface area contributed by atoms with Crippen LogP contribution in [0.1, 0.15) is 43.4 Å². The summed E-state index contributed by atoms with van der Waals surface area (Å²) < 4.78 is 11.2. The quantitative estimate of drug-likeness (QED) is 0.355. The summed E-state index contributed by atoms with van der Waals surface area (Å²) >= 11 is 0. The number of amides is 2. The van der Waals surface area contributed by atoms with E-state index in [0.717, 1.165) is 27.8 Å². The number of carboxylic acids is 1. The van der Waals surface area contributed by atoms with Crippen molar-refractivity contribution in [2.45, 2.75) is 50.8 Å². The molecule has 2 atom stereocenters. The first-order chi connectivity index (χ1) is 18.6. The highest BCUT2D eigenvalue weighted by atomic mass is 16.5. The van der Waals surface area contributed by atoms with Crippen molar-refractivity contribution in [3.05, 3.63) is 95.6 Å². The third-order valence-electron chi connectivity index (χ3n) is 6.53. The van der Waals surface area contributed by atoms with Crippen molar-refractivity contribution >= 4 is 18.0 Å². The Balaban J connectivity index is 1.45. The van der Waals surface area contributed by atoms with Gasteiger partial charge in [-0.25, -0.2) is 9.59 Å². The van der Waals surface area contributed by atoms with Gasteiger partial charge in [0.15, 0.2) is 6.04 Å². The SMILES string of the molecule is CC(C)(C)OC[C@@H](NC(=O)[C@H](Cc1ccccc1)NC(=O)OCC1c2ccccc2-c2ccccc21)C(=O)O. The minimum absolute atomic E-state index is 0.0940. The average Bonchev–Trinajstić information content (AvgIpc) is 3.23. The molecule has 204 valence electrons. The maximum Gasteiger partial charge on any atom is 0.407 e. The molecule has 0 aromatic heterocycles. The molecule has 0 heterocycles. The van der Waals surface area contributed by atoms with Crippen LogP contribution in [0.5, 0.6) is 0 Å². The molecule has 3 aromatic rings. The molecule has 1 aliphatic carbocycles. The van der Waals surface area contributed by atoms with Crippen molar-refractivity contribution in [1.29, 1.82) is 0 Å². The van der Waals surface area contributed by atoms with Crippen molar-refractivity contribution in [3.8, 4) is 11.1 Å². The van der Waals surface area contributed by atoms with Gasteiger partial charge < -0.3 is 25.2 Å². The number of alkyl carbamates (subject to hydrolysis) is 1. The number of rotatable bonds is 10. The summed E-state index contributed by atoms with van der Waals surface area (Å²) in [6.45, 7) is 5.27. The molecule has 3 aromatic carbocycles. The number of nitrogens with one attached hydrogen (secondary N) is 2. The molecular formula is C31H34N2O6. The molecule has 0 radical (unpaired) electrons. The molecule has 0 saturated carbocycles. The van der Waals surface area contributed by atoms with Crippen LogP contribution in [-0.4, -0.2) is 54.0 Å². The Labute approximate surface area is 228 Å². The van der Waals surface area contributed by atoms with Crippen LogP contribution in [0.2, 0.25) is 0 Å². The van der Waals surface area contributed by atoms with Crippen LogP contribution in [0.4, 0.5) is 4.79 Å². The fourth-order valence-electron chi connectivity index (χ4n) is 4.62. The molecule has 2 amide bonds. The summed E-state index contributed by atoms with van der Waals surface area (Å²) in [6, 6.07) is 22.9. The van der Waals surface area contributed by atoms with E-state index >= 15 is 0 Å². The highest BCUT2D eigenvalue weighted by Gasteiger charge is 2.31. The Hall–Kier alpha value is -4.17. The van der Waals surface area contributed by atoms with Crippen molar-refractivity contribution in [2.24, 2.45) is 0 Å². The van der Waals surface area contributed by atoms with E-state index in [9.17, 15) is 19.5 Å². The number of ether oxygens (including phenoxy) is 2. The molecule has 0 aliphatic heterocycles. The van der Waals surface area contributed by atoms with E-state index < -0.39 is 35.7 Å². The second kappa shape index (κ2) is 12.1. The first-order valence-corrected chi connectivity index (χ1v) is 12.9. The van der Waals surface area contributed by atoms with E-state index in [1.807, 2.05) is 66.7 Å². The summed E-state index contributed by atoms with van der Waals surface area (Å²) in [5, 5.41) is 14.8. The Morgan fingerprint density at radius 1 is 0.821 bits per heavy atom. The molecule has 0 bridgehead atoms. The Kier molecular flexibility index (Phi) is 8.66. The lowest BCUT2D eigenvalue weighted by molar-refractivity contribution is -0.145. The second-order valence-corrected chi connectivity index (χ2v) is 10.5. The fraction of sp³-hybridized carbons (Fsp3) is 0.323. The predicted molar refractivity (Wildman–Crippen MR) is 147 cm³/mol. The lowest BCUT2D eigenvalue weighted by Crippen LogP contribution is -2.54. The summed E-state index contributed by atoms with van der Waals surface area (Å²) in [5.41, 5.74) is 4.60. The summed E-state index contributed by atoms with van der Waals surface area (Å²) in [6.07, 6.45) is -0.602. The van der Waals surface area contributed by atoms with E-state index in [0.29, 0.717) is 0 Å². The molecule has 39 heavy (non-hydrogen) atoms. The minimum Gasteiger partial charge on any atom is -0.480 e. The van der Waals surface area contributed by atoms with Gasteiger partial charge in [0, 0.05) is 12.3 Å². The van der Waals surface area contributed by atoms with Gasteiger partial charge >= 0.3 is 12.1 Å². The number of carbonyl (C=O) groups excluding carboxylic acids is 2. The third-order valence-corrected chi connectivity index (χ3v) is 6.53. The predicted octanol–water partition coefficient (Wildman–Crippen LogP) is 4.52. The number of fused-ring (bicyclic) bond motifs is 3. The monoisotopic (exact) mass is 530 g/mol. The highest BCUT2D eigenvalue weighted by molar-refractivity contribution is 5.89. The van der Waals surface area contributed by atoms with Crippen LogP contribution >= 0.6 is 0 Å². The van der Waals surface area contributed by atoms with Gasteiger partial charge in [0.1, 0.15) is 12.6 Å². The maximum atomic E-state index is 13.2. The van der Waals surface area contributed by atoms with Crippen LogP contribution in [0.25, 0.3) is 11.1 Å². The molecule has 0 spiro atoms. The van der Waals surface area contributed by atoms with Gasteiger partial charge in [-0.15, -0.1) is 0 Å². The first kappa shape index (κ1) is 27.9.